The molecule has 0 aliphatic heterocycles. The SMILES string of the molecule is O=S(=O)([O-])C(CC(F)(F)C(F)(F)C(F)(F)C(F)(F)C(F)(F)C(F)(F)F)C(F)(F)C(F)(F)C(F)(F)C(F)(F)C(F)(F)C(F)(F)F. The van der Waals surface area contributed by atoms with E-state index in [0.29, 0.717) is 0 Å². The summed E-state index contributed by atoms with van der Waals surface area (Å²) in [5, 5.41) is -6.69. The van der Waals surface area contributed by atoms with Crippen LogP contribution in [0.4, 0.5) is 114 Å². The smallest absolute Gasteiger partial charge is 0.460 e. The quantitative estimate of drug-likeness (QED) is 0.152. The standard InChI is InChI=1S/C14H4F26O3S/c15-3(16,5(19,20)7(23,24)9(27,28)11(31,32)13(35,36)37)1-2(44(41,42)43)4(17,18)6(21,22)8(25,26)10(29,30)12(33,34)14(38,39)40/h2H,1H2,(H,41,42,43)/p-1. The van der Waals surface area contributed by atoms with E-state index in [9.17, 15) is 127 Å². The van der Waals surface area contributed by atoms with Crippen molar-refractivity contribution in [3.05, 3.63) is 0 Å². The second kappa shape index (κ2) is 10.3. The Morgan fingerprint density at radius 3 is 0.841 bits per heavy atom. The van der Waals surface area contributed by atoms with Crippen LogP contribution in [0.1, 0.15) is 6.42 Å². The Morgan fingerprint density at radius 2 is 0.614 bits per heavy atom. The minimum Gasteiger partial charge on any atom is -0.748 e. The van der Waals surface area contributed by atoms with Gasteiger partial charge in [-0.15, -0.1) is 0 Å². The van der Waals surface area contributed by atoms with Gasteiger partial charge in [0.2, 0.25) is 0 Å². The topological polar surface area (TPSA) is 57.2 Å². The summed E-state index contributed by atoms with van der Waals surface area (Å²) >= 11 is 0. The number of hydrogen-bond donors (Lipinski definition) is 0. The van der Waals surface area contributed by atoms with E-state index in [4.69, 9.17) is 0 Å². The second-order valence-corrected chi connectivity index (χ2v) is 9.66. The summed E-state index contributed by atoms with van der Waals surface area (Å²) in [6.07, 6.45) is -21.6. The molecular formula is C14H3F26O3S-. The minimum atomic E-state index is -9.14. The second-order valence-electron chi connectivity index (χ2n) is 8.10. The highest BCUT2D eigenvalue weighted by molar-refractivity contribution is 7.86. The maximum Gasteiger partial charge on any atom is 0.460 e. The fraction of sp³-hybridized carbons (Fsp3) is 1.00. The van der Waals surface area contributed by atoms with E-state index in [1.807, 2.05) is 0 Å². The highest BCUT2D eigenvalue weighted by atomic mass is 32.2. The van der Waals surface area contributed by atoms with Gasteiger partial charge in [-0.2, -0.15) is 114 Å². The normalized spacial score (nSPS) is 17.6. The molecule has 1 atom stereocenters. The third-order valence-corrected chi connectivity index (χ3v) is 6.31. The van der Waals surface area contributed by atoms with Crippen molar-refractivity contribution in [2.45, 2.75) is 83.2 Å². The van der Waals surface area contributed by atoms with E-state index in [1.54, 1.807) is 0 Å². The summed E-state index contributed by atoms with van der Waals surface area (Å²) in [5.74, 6) is -88.1. The Balaban J connectivity index is 7.39. The summed E-state index contributed by atoms with van der Waals surface area (Å²) < 4.78 is 373. The predicted octanol–water partition coefficient (Wildman–Crippen LogP) is 7.77. The molecule has 0 aliphatic rings. The molecule has 0 radical (unpaired) electrons. The summed E-state index contributed by atoms with van der Waals surface area (Å²) in [6, 6.07) is 0. The zero-order valence-corrected chi connectivity index (χ0v) is 19.6. The van der Waals surface area contributed by atoms with E-state index in [-0.39, 0.29) is 0 Å². The van der Waals surface area contributed by atoms with Gasteiger partial charge in [-0.1, -0.05) is 0 Å². The monoisotopic (exact) mass is 745 g/mol. The Hall–Kier alpha value is -1.91. The molecule has 0 fully saturated rings. The molecule has 0 aromatic rings. The van der Waals surface area contributed by atoms with E-state index in [2.05, 4.69) is 0 Å². The van der Waals surface area contributed by atoms with Crippen LogP contribution in [0.2, 0.25) is 0 Å². The zero-order chi connectivity index (χ0) is 36.8. The van der Waals surface area contributed by atoms with Crippen molar-refractivity contribution in [1.82, 2.24) is 0 Å². The number of hydrogen-bond acceptors (Lipinski definition) is 3. The molecule has 30 heteroatoms. The summed E-state index contributed by atoms with van der Waals surface area (Å²) in [4.78, 5) is 0. The Morgan fingerprint density at radius 1 is 0.386 bits per heavy atom. The van der Waals surface area contributed by atoms with Crippen LogP contribution in [0.25, 0.3) is 0 Å². The van der Waals surface area contributed by atoms with E-state index < -0.39 is 93.4 Å². The van der Waals surface area contributed by atoms with Crippen LogP contribution >= 0.6 is 0 Å². The van der Waals surface area contributed by atoms with Crippen LogP contribution in [0.3, 0.4) is 0 Å². The maximum atomic E-state index is 14.0. The Labute approximate surface area is 221 Å². The third-order valence-electron chi connectivity index (χ3n) is 5.15. The van der Waals surface area contributed by atoms with Crippen molar-refractivity contribution < 1.29 is 127 Å². The summed E-state index contributed by atoms with van der Waals surface area (Å²) in [5.41, 5.74) is 0. The first-order valence-electron chi connectivity index (χ1n) is 9.20. The number of halogens is 26. The molecule has 0 bridgehead atoms. The molecule has 0 saturated heterocycles. The van der Waals surface area contributed by atoms with Crippen molar-refractivity contribution in [1.29, 1.82) is 0 Å². The Kier molecular flexibility index (Phi) is 9.85. The minimum absolute atomic E-state index is 5.34. The lowest BCUT2D eigenvalue weighted by Gasteiger charge is -2.44. The lowest BCUT2D eigenvalue weighted by atomic mass is 9.88. The molecule has 0 rings (SSSR count). The molecule has 266 valence electrons. The van der Waals surface area contributed by atoms with Gasteiger partial charge in [-0.25, -0.2) is 8.42 Å². The lowest BCUT2D eigenvalue weighted by Crippen LogP contribution is -2.73. The largest absolute Gasteiger partial charge is 0.748 e. The maximum absolute atomic E-state index is 14.0. The van der Waals surface area contributed by atoms with Crippen molar-refractivity contribution in [2.24, 2.45) is 0 Å². The van der Waals surface area contributed by atoms with Crippen LogP contribution in [0.5, 0.6) is 0 Å². The molecule has 0 saturated carbocycles. The molecule has 0 spiro atoms. The van der Waals surface area contributed by atoms with E-state index in [0.717, 1.165) is 0 Å². The van der Waals surface area contributed by atoms with Gasteiger partial charge in [-0.3, -0.25) is 0 Å². The van der Waals surface area contributed by atoms with Gasteiger partial charge in [0.1, 0.15) is 15.4 Å². The van der Waals surface area contributed by atoms with Gasteiger partial charge in [0, 0.05) is 6.42 Å². The average Bonchev–Trinajstić information content (AvgIpc) is 2.73. The first-order valence-corrected chi connectivity index (χ1v) is 10.7. The van der Waals surface area contributed by atoms with Gasteiger partial charge in [0.15, 0.2) is 0 Å². The fourth-order valence-electron chi connectivity index (χ4n) is 2.56. The fourth-order valence-corrected chi connectivity index (χ4v) is 3.48. The predicted molar refractivity (Wildman–Crippen MR) is 79.7 cm³/mol. The molecule has 1 unspecified atom stereocenters. The molecule has 0 amide bonds. The van der Waals surface area contributed by atoms with Crippen molar-refractivity contribution in [3.63, 3.8) is 0 Å². The number of rotatable bonds is 12. The van der Waals surface area contributed by atoms with E-state index in [1.165, 1.54) is 0 Å². The molecule has 0 aromatic heterocycles. The van der Waals surface area contributed by atoms with Crippen LogP contribution < -0.4 is 0 Å². The van der Waals surface area contributed by atoms with Crippen LogP contribution in [0, 0.1) is 0 Å². The van der Waals surface area contributed by atoms with E-state index >= 15 is 0 Å². The van der Waals surface area contributed by atoms with Crippen molar-refractivity contribution in [2.75, 3.05) is 0 Å². The van der Waals surface area contributed by atoms with Crippen LogP contribution in [-0.4, -0.2) is 89.8 Å². The molecule has 44 heavy (non-hydrogen) atoms. The zero-order valence-electron chi connectivity index (χ0n) is 18.7. The average molecular weight is 745 g/mol. The summed E-state index contributed by atoms with van der Waals surface area (Å²) in [6.45, 7) is 0. The van der Waals surface area contributed by atoms with Gasteiger partial charge >= 0.3 is 71.6 Å². The van der Waals surface area contributed by atoms with Crippen molar-refractivity contribution in [3.8, 4) is 0 Å². The van der Waals surface area contributed by atoms with Gasteiger partial charge < -0.3 is 4.55 Å². The molecular weight excluding hydrogens is 742 g/mol. The first-order chi connectivity index (χ1) is 18.3. The molecule has 0 heterocycles. The third kappa shape index (κ3) is 5.55. The highest BCUT2D eigenvalue weighted by Crippen LogP contribution is 2.64. The van der Waals surface area contributed by atoms with Gasteiger partial charge in [-0.05, 0) is 0 Å². The number of alkyl halides is 26. The first kappa shape index (κ1) is 42.1. The Bertz CT molecular complexity index is 1160. The summed E-state index contributed by atoms with van der Waals surface area (Å²) in [7, 11) is -8.44. The lowest BCUT2D eigenvalue weighted by molar-refractivity contribution is -0.444. The van der Waals surface area contributed by atoms with Gasteiger partial charge in [0.25, 0.3) is 0 Å². The van der Waals surface area contributed by atoms with Crippen LogP contribution in [-0.2, 0) is 10.1 Å². The van der Waals surface area contributed by atoms with Crippen molar-refractivity contribution >= 4 is 10.1 Å². The van der Waals surface area contributed by atoms with Gasteiger partial charge in [0.05, 0.1) is 0 Å². The molecule has 0 N–H and O–H groups in total. The molecule has 0 aliphatic carbocycles. The highest BCUT2D eigenvalue weighted by Gasteiger charge is 2.93. The van der Waals surface area contributed by atoms with Crippen LogP contribution in [0.15, 0.2) is 0 Å². The molecule has 0 aromatic carbocycles. The molecule has 3 nitrogen and oxygen atoms in total.